The van der Waals surface area contributed by atoms with Crippen LogP contribution in [0.15, 0.2) is 22.8 Å². The summed E-state index contributed by atoms with van der Waals surface area (Å²) in [5.74, 6) is 0.205. The van der Waals surface area contributed by atoms with Crippen molar-refractivity contribution in [2.24, 2.45) is 0 Å². The molecule has 0 aromatic carbocycles. The first-order chi connectivity index (χ1) is 7.97. The Balaban J connectivity index is 2.18. The minimum atomic E-state index is -3.08. The predicted molar refractivity (Wildman–Crippen MR) is 70.3 cm³/mol. The van der Waals surface area contributed by atoms with Crippen molar-refractivity contribution in [2.45, 2.75) is 18.8 Å². The SMILES string of the molecule is CS(=O)(=O)N1CCCC(c2cccc(Br)n2)C1. The lowest BCUT2D eigenvalue weighted by Crippen LogP contribution is -2.38. The van der Waals surface area contributed by atoms with E-state index in [9.17, 15) is 8.42 Å². The van der Waals surface area contributed by atoms with Gasteiger partial charge in [-0.1, -0.05) is 6.07 Å². The van der Waals surface area contributed by atoms with Gasteiger partial charge in [0.2, 0.25) is 10.0 Å². The first-order valence-corrected chi connectivity index (χ1v) is 8.18. The highest BCUT2D eigenvalue weighted by Crippen LogP contribution is 2.27. The molecule has 1 aliphatic rings. The van der Waals surface area contributed by atoms with E-state index in [0.29, 0.717) is 13.1 Å². The van der Waals surface area contributed by atoms with Crippen molar-refractivity contribution in [1.29, 1.82) is 0 Å². The van der Waals surface area contributed by atoms with Crippen molar-refractivity contribution in [1.82, 2.24) is 9.29 Å². The van der Waals surface area contributed by atoms with Crippen LogP contribution in [0.25, 0.3) is 0 Å². The number of nitrogens with zero attached hydrogens (tertiary/aromatic N) is 2. The molecule has 0 bridgehead atoms. The molecular formula is C11H15BrN2O2S. The first-order valence-electron chi connectivity index (χ1n) is 5.54. The van der Waals surface area contributed by atoms with Crippen LogP contribution in [0.2, 0.25) is 0 Å². The maximum atomic E-state index is 11.5. The van der Waals surface area contributed by atoms with Crippen LogP contribution in [0.4, 0.5) is 0 Å². The van der Waals surface area contributed by atoms with Crippen LogP contribution in [0.1, 0.15) is 24.5 Å². The number of rotatable bonds is 2. The van der Waals surface area contributed by atoms with Crippen molar-refractivity contribution in [3.05, 3.63) is 28.5 Å². The minimum absolute atomic E-state index is 0.205. The molecule has 0 N–H and O–H groups in total. The van der Waals surface area contributed by atoms with Crippen molar-refractivity contribution in [3.8, 4) is 0 Å². The van der Waals surface area contributed by atoms with Gasteiger partial charge in [0.15, 0.2) is 0 Å². The summed E-state index contributed by atoms with van der Waals surface area (Å²) in [6, 6.07) is 5.77. The highest BCUT2D eigenvalue weighted by Gasteiger charge is 2.27. The van der Waals surface area contributed by atoms with E-state index >= 15 is 0 Å². The fraction of sp³-hybridized carbons (Fsp3) is 0.545. The minimum Gasteiger partial charge on any atom is -0.246 e. The lowest BCUT2D eigenvalue weighted by Gasteiger charge is -2.30. The van der Waals surface area contributed by atoms with E-state index in [-0.39, 0.29) is 5.92 Å². The standard InChI is InChI=1S/C11H15BrN2O2S/c1-17(15,16)14-7-3-4-9(8-14)10-5-2-6-11(12)13-10/h2,5-6,9H,3-4,7-8H2,1H3. The molecule has 2 rings (SSSR count). The third-order valence-electron chi connectivity index (χ3n) is 3.01. The summed E-state index contributed by atoms with van der Waals surface area (Å²) in [7, 11) is -3.08. The Morgan fingerprint density at radius 3 is 2.88 bits per heavy atom. The summed E-state index contributed by atoms with van der Waals surface area (Å²) in [6.45, 7) is 1.17. The van der Waals surface area contributed by atoms with Gasteiger partial charge in [0.1, 0.15) is 4.60 Å². The number of hydrogen-bond acceptors (Lipinski definition) is 3. The molecule has 17 heavy (non-hydrogen) atoms. The molecular weight excluding hydrogens is 304 g/mol. The molecule has 1 aromatic heterocycles. The third kappa shape index (κ3) is 3.26. The van der Waals surface area contributed by atoms with Crippen LogP contribution in [-0.4, -0.2) is 37.1 Å². The summed E-state index contributed by atoms with van der Waals surface area (Å²) in [6.07, 6.45) is 3.16. The third-order valence-corrected chi connectivity index (χ3v) is 4.72. The van der Waals surface area contributed by atoms with E-state index in [2.05, 4.69) is 20.9 Å². The predicted octanol–water partition coefficient (Wildman–Crippen LogP) is 1.98. The van der Waals surface area contributed by atoms with E-state index in [1.54, 1.807) is 4.31 Å². The van der Waals surface area contributed by atoms with Crippen LogP contribution in [0.5, 0.6) is 0 Å². The summed E-state index contributed by atoms with van der Waals surface area (Å²) < 4.78 is 25.4. The second kappa shape index (κ2) is 5.04. The largest absolute Gasteiger partial charge is 0.246 e. The zero-order valence-corrected chi connectivity index (χ0v) is 12.0. The van der Waals surface area contributed by atoms with Crippen molar-refractivity contribution >= 4 is 26.0 Å². The maximum Gasteiger partial charge on any atom is 0.211 e. The van der Waals surface area contributed by atoms with Gasteiger partial charge >= 0.3 is 0 Å². The molecule has 0 amide bonds. The Morgan fingerprint density at radius 2 is 2.24 bits per heavy atom. The van der Waals surface area contributed by atoms with E-state index < -0.39 is 10.0 Å². The van der Waals surface area contributed by atoms with Gasteiger partial charge in [0, 0.05) is 24.7 Å². The molecule has 0 spiro atoms. The van der Waals surface area contributed by atoms with Crippen LogP contribution in [-0.2, 0) is 10.0 Å². The van der Waals surface area contributed by atoms with Crippen molar-refractivity contribution in [3.63, 3.8) is 0 Å². The van der Waals surface area contributed by atoms with Crippen LogP contribution in [0.3, 0.4) is 0 Å². The average molecular weight is 319 g/mol. The molecule has 2 heterocycles. The lowest BCUT2D eigenvalue weighted by molar-refractivity contribution is 0.314. The molecule has 1 saturated heterocycles. The zero-order chi connectivity index (χ0) is 12.5. The Labute approximate surface area is 110 Å². The average Bonchev–Trinajstić information content (AvgIpc) is 2.28. The monoisotopic (exact) mass is 318 g/mol. The van der Waals surface area contributed by atoms with Crippen LogP contribution < -0.4 is 0 Å². The summed E-state index contributed by atoms with van der Waals surface area (Å²) >= 11 is 3.34. The van der Waals surface area contributed by atoms with Gasteiger partial charge in [-0.25, -0.2) is 17.7 Å². The topological polar surface area (TPSA) is 50.3 Å². The van der Waals surface area contributed by atoms with Gasteiger partial charge in [-0.05, 0) is 40.9 Å². The Hall–Kier alpha value is -0.460. The molecule has 0 saturated carbocycles. The molecule has 1 aromatic rings. The number of halogens is 1. The quantitative estimate of drug-likeness (QED) is 0.783. The van der Waals surface area contributed by atoms with Gasteiger partial charge in [0.05, 0.1) is 6.26 Å². The van der Waals surface area contributed by atoms with Gasteiger partial charge in [-0.2, -0.15) is 0 Å². The van der Waals surface area contributed by atoms with E-state index in [4.69, 9.17) is 0 Å². The van der Waals surface area contributed by atoms with Gasteiger partial charge < -0.3 is 0 Å². The number of pyridine rings is 1. The van der Waals surface area contributed by atoms with Crippen LogP contribution >= 0.6 is 15.9 Å². The smallest absolute Gasteiger partial charge is 0.211 e. The second-order valence-corrected chi connectivity index (χ2v) is 7.14. The van der Waals surface area contributed by atoms with Crippen molar-refractivity contribution < 1.29 is 8.42 Å². The zero-order valence-electron chi connectivity index (χ0n) is 9.63. The lowest BCUT2D eigenvalue weighted by atomic mass is 9.96. The van der Waals surface area contributed by atoms with E-state index in [1.165, 1.54) is 6.26 Å². The highest BCUT2D eigenvalue weighted by molar-refractivity contribution is 9.10. The second-order valence-electron chi connectivity index (χ2n) is 4.35. The molecule has 1 atom stereocenters. The molecule has 6 heteroatoms. The Morgan fingerprint density at radius 1 is 1.47 bits per heavy atom. The number of piperidine rings is 1. The van der Waals surface area contributed by atoms with Gasteiger partial charge in [-0.3, -0.25) is 0 Å². The van der Waals surface area contributed by atoms with Gasteiger partial charge in [-0.15, -0.1) is 0 Å². The normalized spacial score (nSPS) is 22.6. The fourth-order valence-corrected chi connectivity index (χ4v) is 3.41. The Kier molecular flexibility index (Phi) is 3.85. The number of sulfonamides is 1. The van der Waals surface area contributed by atoms with Crippen LogP contribution in [0, 0.1) is 0 Å². The fourth-order valence-electron chi connectivity index (χ4n) is 2.14. The number of hydrogen-bond donors (Lipinski definition) is 0. The summed E-state index contributed by atoms with van der Waals surface area (Å²) in [5.41, 5.74) is 0.965. The molecule has 0 radical (unpaired) electrons. The first kappa shape index (κ1) is 13.0. The molecule has 1 aliphatic heterocycles. The van der Waals surface area contributed by atoms with Crippen molar-refractivity contribution in [2.75, 3.05) is 19.3 Å². The van der Waals surface area contributed by atoms with Gasteiger partial charge in [0.25, 0.3) is 0 Å². The Bertz CT molecular complexity index is 504. The number of aromatic nitrogens is 1. The highest BCUT2D eigenvalue weighted by atomic mass is 79.9. The molecule has 94 valence electrons. The summed E-state index contributed by atoms with van der Waals surface area (Å²) in [5, 5.41) is 0. The molecule has 1 unspecified atom stereocenters. The molecule has 4 nitrogen and oxygen atoms in total. The molecule has 0 aliphatic carbocycles. The van der Waals surface area contributed by atoms with E-state index in [1.807, 2.05) is 18.2 Å². The maximum absolute atomic E-state index is 11.5. The molecule has 1 fully saturated rings. The van der Waals surface area contributed by atoms with E-state index in [0.717, 1.165) is 23.1 Å². The summed E-state index contributed by atoms with van der Waals surface area (Å²) in [4.78, 5) is 4.41.